The Labute approximate surface area is 120 Å². The van der Waals surface area contributed by atoms with Crippen molar-refractivity contribution in [2.45, 2.75) is 9.79 Å². The average molecular weight is 286 g/mol. The van der Waals surface area contributed by atoms with E-state index in [2.05, 4.69) is 0 Å². The minimum absolute atomic E-state index is 0.0640. The molecule has 0 bridgehead atoms. The van der Waals surface area contributed by atoms with Crippen molar-refractivity contribution in [1.29, 1.82) is 5.26 Å². The summed E-state index contributed by atoms with van der Waals surface area (Å²) in [6, 6.07) is 13.8. The van der Waals surface area contributed by atoms with E-state index in [4.69, 9.17) is 10.00 Å². The summed E-state index contributed by atoms with van der Waals surface area (Å²) in [6.07, 6.45) is 0. The van der Waals surface area contributed by atoms with Gasteiger partial charge in [0.25, 0.3) is 5.69 Å². The zero-order valence-electron chi connectivity index (χ0n) is 10.6. The van der Waals surface area contributed by atoms with Crippen molar-refractivity contribution >= 4 is 17.4 Å². The highest BCUT2D eigenvalue weighted by Crippen LogP contribution is 2.32. The molecule has 0 aliphatic rings. The van der Waals surface area contributed by atoms with E-state index in [-0.39, 0.29) is 11.3 Å². The number of rotatable bonds is 4. The van der Waals surface area contributed by atoms with Gasteiger partial charge in [0.2, 0.25) is 0 Å². The maximum Gasteiger partial charge on any atom is 0.288 e. The standard InChI is InChI=1S/C14H10N2O3S/c1-19-11-3-6-12(7-4-11)20-13-5-2-10(9-15)14(8-13)16(17)18/h2-8H,1H3. The quantitative estimate of drug-likeness (QED) is 0.633. The van der Waals surface area contributed by atoms with Gasteiger partial charge in [-0.25, -0.2) is 0 Å². The third kappa shape index (κ3) is 3.08. The molecule has 0 saturated carbocycles. The molecule has 0 radical (unpaired) electrons. The Morgan fingerprint density at radius 1 is 1.20 bits per heavy atom. The number of hydrogen-bond acceptors (Lipinski definition) is 5. The van der Waals surface area contributed by atoms with Crippen LogP contribution in [0.1, 0.15) is 5.56 Å². The van der Waals surface area contributed by atoms with Crippen LogP contribution in [0.25, 0.3) is 0 Å². The Morgan fingerprint density at radius 3 is 2.40 bits per heavy atom. The molecule has 0 fully saturated rings. The molecule has 2 rings (SSSR count). The Morgan fingerprint density at radius 2 is 1.85 bits per heavy atom. The normalized spacial score (nSPS) is 9.80. The van der Waals surface area contributed by atoms with Gasteiger partial charge in [-0.05, 0) is 36.4 Å². The molecular formula is C14H10N2O3S. The molecule has 0 saturated heterocycles. The number of nitro benzene ring substituents is 1. The van der Waals surface area contributed by atoms with Gasteiger partial charge in [0, 0.05) is 15.9 Å². The number of nitro groups is 1. The largest absolute Gasteiger partial charge is 0.497 e. The molecule has 0 aliphatic heterocycles. The minimum atomic E-state index is -0.545. The lowest BCUT2D eigenvalue weighted by atomic mass is 10.2. The second-order valence-electron chi connectivity index (χ2n) is 3.83. The highest BCUT2D eigenvalue weighted by Gasteiger charge is 2.14. The molecular weight excluding hydrogens is 276 g/mol. The first kappa shape index (κ1) is 13.9. The molecule has 0 aliphatic carbocycles. The third-order valence-electron chi connectivity index (χ3n) is 2.58. The second-order valence-corrected chi connectivity index (χ2v) is 4.97. The highest BCUT2D eigenvalue weighted by atomic mass is 32.2. The lowest BCUT2D eigenvalue weighted by Crippen LogP contribution is -1.92. The summed E-state index contributed by atoms with van der Waals surface area (Å²) in [5.41, 5.74) is -0.111. The molecule has 2 aromatic carbocycles. The van der Waals surface area contributed by atoms with Crippen LogP contribution in [0.3, 0.4) is 0 Å². The summed E-state index contributed by atoms with van der Waals surface area (Å²) in [5, 5.41) is 19.7. The van der Waals surface area contributed by atoms with Crippen LogP contribution in [0, 0.1) is 21.4 Å². The average Bonchev–Trinajstić information content (AvgIpc) is 2.48. The first-order chi connectivity index (χ1) is 9.63. The lowest BCUT2D eigenvalue weighted by molar-refractivity contribution is -0.385. The molecule has 6 heteroatoms. The summed E-state index contributed by atoms with van der Waals surface area (Å²) in [7, 11) is 1.59. The molecule has 0 N–H and O–H groups in total. The van der Waals surface area contributed by atoms with Gasteiger partial charge in [0.15, 0.2) is 0 Å². The van der Waals surface area contributed by atoms with Crippen molar-refractivity contribution in [3.05, 3.63) is 58.1 Å². The molecule has 0 atom stereocenters. The van der Waals surface area contributed by atoms with E-state index >= 15 is 0 Å². The van der Waals surface area contributed by atoms with E-state index in [1.165, 1.54) is 23.9 Å². The van der Waals surface area contributed by atoms with Crippen molar-refractivity contribution in [2.75, 3.05) is 7.11 Å². The van der Waals surface area contributed by atoms with E-state index in [9.17, 15) is 10.1 Å². The molecule has 100 valence electrons. The predicted molar refractivity (Wildman–Crippen MR) is 74.9 cm³/mol. The molecule has 5 nitrogen and oxygen atoms in total. The first-order valence-electron chi connectivity index (χ1n) is 5.64. The van der Waals surface area contributed by atoms with Gasteiger partial charge >= 0.3 is 0 Å². The summed E-state index contributed by atoms with van der Waals surface area (Å²) in [4.78, 5) is 12.0. The van der Waals surface area contributed by atoms with Crippen molar-refractivity contribution in [2.24, 2.45) is 0 Å². The SMILES string of the molecule is COc1ccc(Sc2ccc(C#N)c([N+](=O)[O-])c2)cc1. The minimum Gasteiger partial charge on any atom is -0.497 e. The first-order valence-corrected chi connectivity index (χ1v) is 6.46. The number of benzene rings is 2. The highest BCUT2D eigenvalue weighted by molar-refractivity contribution is 7.99. The molecule has 0 spiro atoms. The molecule has 0 heterocycles. The fraction of sp³-hybridized carbons (Fsp3) is 0.0714. The monoisotopic (exact) mass is 286 g/mol. The van der Waals surface area contributed by atoms with Crippen LogP contribution in [-0.4, -0.2) is 12.0 Å². The third-order valence-corrected chi connectivity index (χ3v) is 3.58. The van der Waals surface area contributed by atoms with Gasteiger partial charge in [0.1, 0.15) is 17.4 Å². The van der Waals surface area contributed by atoms with Gasteiger partial charge < -0.3 is 4.74 Å². The maximum absolute atomic E-state index is 10.9. The number of hydrogen-bond donors (Lipinski definition) is 0. The van der Waals surface area contributed by atoms with E-state index in [1.54, 1.807) is 13.2 Å². The Balaban J connectivity index is 2.27. The zero-order chi connectivity index (χ0) is 14.5. The van der Waals surface area contributed by atoms with Crippen molar-refractivity contribution in [3.63, 3.8) is 0 Å². The Kier molecular flexibility index (Phi) is 4.23. The van der Waals surface area contributed by atoms with Crippen LogP contribution in [0.5, 0.6) is 5.75 Å². The number of methoxy groups -OCH3 is 1. The van der Waals surface area contributed by atoms with Gasteiger partial charge in [-0.1, -0.05) is 11.8 Å². The van der Waals surface area contributed by atoms with E-state index in [1.807, 2.05) is 30.3 Å². The van der Waals surface area contributed by atoms with Gasteiger partial charge in [-0.3, -0.25) is 10.1 Å². The molecule has 2 aromatic rings. The Hall–Kier alpha value is -2.52. The fourth-order valence-corrected chi connectivity index (χ4v) is 2.45. The summed E-state index contributed by atoms with van der Waals surface area (Å²) < 4.78 is 5.07. The Bertz CT molecular complexity index is 678. The number of ether oxygens (including phenoxy) is 1. The second kappa shape index (κ2) is 6.08. The summed E-state index contributed by atoms with van der Waals surface area (Å²) in [5.74, 6) is 0.750. The number of nitriles is 1. The van der Waals surface area contributed by atoms with E-state index in [0.29, 0.717) is 4.90 Å². The van der Waals surface area contributed by atoms with Gasteiger partial charge in [-0.15, -0.1) is 0 Å². The molecule has 20 heavy (non-hydrogen) atoms. The topological polar surface area (TPSA) is 76.2 Å². The smallest absolute Gasteiger partial charge is 0.288 e. The fourth-order valence-electron chi connectivity index (χ4n) is 1.60. The van der Waals surface area contributed by atoms with Gasteiger partial charge in [-0.2, -0.15) is 5.26 Å². The number of nitrogens with zero attached hydrogens (tertiary/aromatic N) is 2. The zero-order valence-corrected chi connectivity index (χ0v) is 11.4. The van der Waals surface area contributed by atoms with Crippen LogP contribution < -0.4 is 4.74 Å². The van der Waals surface area contributed by atoms with Crippen LogP contribution in [-0.2, 0) is 0 Å². The van der Waals surface area contributed by atoms with Crippen LogP contribution in [0.15, 0.2) is 52.3 Å². The molecule has 0 unspecified atom stereocenters. The lowest BCUT2D eigenvalue weighted by Gasteiger charge is -2.04. The maximum atomic E-state index is 10.9. The molecule has 0 amide bonds. The molecule has 0 aromatic heterocycles. The van der Waals surface area contributed by atoms with Crippen LogP contribution in [0.4, 0.5) is 5.69 Å². The predicted octanol–water partition coefficient (Wildman–Crippen LogP) is 3.63. The van der Waals surface area contributed by atoms with E-state index < -0.39 is 4.92 Å². The summed E-state index contributed by atoms with van der Waals surface area (Å²) >= 11 is 1.39. The van der Waals surface area contributed by atoms with E-state index in [0.717, 1.165) is 10.6 Å². The van der Waals surface area contributed by atoms with Crippen LogP contribution >= 0.6 is 11.8 Å². The van der Waals surface area contributed by atoms with Crippen molar-refractivity contribution in [1.82, 2.24) is 0 Å². The van der Waals surface area contributed by atoms with Gasteiger partial charge in [0.05, 0.1) is 12.0 Å². The van der Waals surface area contributed by atoms with Crippen molar-refractivity contribution < 1.29 is 9.66 Å². The van der Waals surface area contributed by atoms with Crippen molar-refractivity contribution in [3.8, 4) is 11.8 Å². The van der Waals surface area contributed by atoms with Crippen LogP contribution in [0.2, 0.25) is 0 Å². The summed E-state index contributed by atoms with van der Waals surface area (Å²) in [6.45, 7) is 0.